The quantitative estimate of drug-likeness (QED) is 0.823. The molecule has 1 aliphatic carbocycles. The second-order valence-electron chi connectivity index (χ2n) is 5.77. The van der Waals surface area contributed by atoms with Gasteiger partial charge in [0, 0.05) is 30.7 Å². The van der Waals surface area contributed by atoms with Gasteiger partial charge in [-0.3, -0.25) is 4.90 Å². The molecule has 1 aromatic carbocycles. The zero-order valence-electron chi connectivity index (χ0n) is 11.3. The molecule has 1 aliphatic heterocycles. The fraction of sp³-hybridized carbons (Fsp3) is 0.600. The van der Waals surface area contributed by atoms with E-state index < -0.39 is 11.6 Å². The fourth-order valence-electron chi connectivity index (χ4n) is 2.84. The first-order chi connectivity index (χ1) is 9.65. The lowest BCUT2D eigenvalue weighted by molar-refractivity contribution is 0.232. The average Bonchev–Trinajstić information content (AvgIpc) is 3.16. The molecule has 1 saturated carbocycles. The Morgan fingerprint density at radius 2 is 2.05 bits per heavy atom. The molecule has 1 unspecified atom stereocenters. The van der Waals surface area contributed by atoms with Crippen LogP contribution in [0.5, 0.6) is 0 Å². The third-order valence-electron chi connectivity index (χ3n) is 4.22. The maximum Gasteiger partial charge on any atom is 0.144 e. The van der Waals surface area contributed by atoms with E-state index in [1.165, 1.54) is 25.0 Å². The standard InChI is InChI=1S/C15H19BrF2N2/c16-13-5-6-14(17)12(15(13)18)9-20-7-1-2-11(20)8-19-10-3-4-10/h5-6,10-11,19H,1-4,7-9H2. The molecule has 2 fully saturated rings. The molecule has 110 valence electrons. The van der Waals surface area contributed by atoms with Crippen LogP contribution in [0.3, 0.4) is 0 Å². The van der Waals surface area contributed by atoms with Gasteiger partial charge in [0.2, 0.25) is 0 Å². The van der Waals surface area contributed by atoms with E-state index in [-0.39, 0.29) is 5.56 Å². The molecule has 0 aromatic heterocycles. The van der Waals surface area contributed by atoms with Gasteiger partial charge in [-0.15, -0.1) is 0 Å². The molecule has 1 saturated heterocycles. The lowest BCUT2D eigenvalue weighted by Gasteiger charge is -2.25. The summed E-state index contributed by atoms with van der Waals surface area (Å²) in [5.41, 5.74) is 0.178. The van der Waals surface area contributed by atoms with Crippen molar-refractivity contribution in [2.24, 2.45) is 0 Å². The fourth-order valence-corrected chi connectivity index (χ4v) is 3.21. The zero-order chi connectivity index (χ0) is 14.1. The summed E-state index contributed by atoms with van der Waals surface area (Å²) < 4.78 is 28.2. The summed E-state index contributed by atoms with van der Waals surface area (Å²) in [6.45, 7) is 2.21. The van der Waals surface area contributed by atoms with Gasteiger partial charge in [-0.05, 0) is 60.3 Å². The van der Waals surface area contributed by atoms with E-state index in [1.54, 1.807) is 0 Å². The van der Waals surface area contributed by atoms with Crippen LogP contribution in [-0.2, 0) is 6.54 Å². The summed E-state index contributed by atoms with van der Waals surface area (Å²) in [4.78, 5) is 2.20. The van der Waals surface area contributed by atoms with E-state index in [0.29, 0.717) is 23.1 Å². The third-order valence-corrected chi connectivity index (χ3v) is 4.83. The van der Waals surface area contributed by atoms with Crippen molar-refractivity contribution in [3.63, 3.8) is 0 Å². The molecule has 0 amide bonds. The Morgan fingerprint density at radius 1 is 1.25 bits per heavy atom. The van der Waals surface area contributed by atoms with Crippen LogP contribution >= 0.6 is 15.9 Å². The van der Waals surface area contributed by atoms with E-state index in [4.69, 9.17) is 0 Å². The van der Waals surface area contributed by atoms with E-state index >= 15 is 0 Å². The van der Waals surface area contributed by atoms with Crippen molar-refractivity contribution in [3.05, 3.63) is 33.8 Å². The molecule has 0 bridgehead atoms. The minimum absolute atomic E-state index is 0.178. The Kier molecular flexibility index (Phi) is 4.38. The molecule has 1 aromatic rings. The van der Waals surface area contributed by atoms with Gasteiger partial charge in [0.15, 0.2) is 0 Å². The SMILES string of the molecule is Fc1ccc(Br)c(F)c1CN1CCCC1CNC1CC1. The van der Waals surface area contributed by atoms with Crippen LogP contribution in [0.1, 0.15) is 31.2 Å². The van der Waals surface area contributed by atoms with Gasteiger partial charge in [0.05, 0.1) is 4.47 Å². The second-order valence-corrected chi connectivity index (χ2v) is 6.63. The normalized spacial score (nSPS) is 23.4. The number of benzene rings is 1. The van der Waals surface area contributed by atoms with Gasteiger partial charge in [-0.2, -0.15) is 0 Å². The zero-order valence-corrected chi connectivity index (χ0v) is 12.9. The molecule has 1 heterocycles. The lowest BCUT2D eigenvalue weighted by atomic mass is 10.1. The monoisotopic (exact) mass is 344 g/mol. The number of hydrogen-bond donors (Lipinski definition) is 1. The van der Waals surface area contributed by atoms with E-state index in [1.807, 2.05) is 0 Å². The number of nitrogens with zero attached hydrogens (tertiary/aromatic N) is 1. The van der Waals surface area contributed by atoms with Crippen molar-refractivity contribution in [1.29, 1.82) is 0 Å². The minimum Gasteiger partial charge on any atom is -0.312 e. The molecular formula is C15H19BrF2N2. The molecule has 2 nitrogen and oxygen atoms in total. The lowest BCUT2D eigenvalue weighted by Crippen LogP contribution is -2.38. The Bertz CT molecular complexity index is 491. The van der Waals surface area contributed by atoms with Crippen molar-refractivity contribution in [2.75, 3.05) is 13.1 Å². The number of nitrogens with one attached hydrogen (secondary N) is 1. The number of likely N-dealkylation sites (tertiary alicyclic amines) is 1. The summed E-state index contributed by atoms with van der Waals surface area (Å²) in [5, 5.41) is 3.52. The van der Waals surface area contributed by atoms with E-state index in [0.717, 1.165) is 25.9 Å². The van der Waals surface area contributed by atoms with Crippen molar-refractivity contribution in [1.82, 2.24) is 10.2 Å². The van der Waals surface area contributed by atoms with Crippen molar-refractivity contribution >= 4 is 15.9 Å². The largest absolute Gasteiger partial charge is 0.312 e. The van der Waals surface area contributed by atoms with Crippen LogP contribution in [0, 0.1) is 11.6 Å². The summed E-state index contributed by atoms with van der Waals surface area (Å²) in [6.07, 6.45) is 4.74. The molecule has 1 atom stereocenters. The molecule has 5 heteroatoms. The van der Waals surface area contributed by atoms with Gasteiger partial charge in [0.1, 0.15) is 11.6 Å². The highest BCUT2D eigenvalue weighted by atomic mass is 79.9. The van der Waals surface area contributed by atoms with Crippen molar-refractivity contribution in [3.8, 4) is 0 Å². The van der Waals surface area contributed by atoms with Crippen LogP contribution in [0.4, 0.5) is 8.78 Å². The number of halogens is 3. The van der Waals surface area contributed by atoms with Crippen LogP contribution in [0.25, 0.3) is 0 Å². The molecule has 20 heavy (non-hydrogen) atoms. The van der Waals surface area contributed by atoms with Gasteiger partial charge < -0.3 is 5.32 Å². The van der Waals surface area contributed by atoms with Crippen LogP contribution in [0.15, 0.2) is 16.6 Å². The maximum absolute atomic E-state index is 14.0. The van der Waals surface area contributed by atoms with Gasteiger partial charge in [-0.25, -0.2) is 8.78 Å². The highest BCUT2D eigenvalue weighted by Gasteiger charge is 2.29. The topological polar surface area (TPSA) is 15.3 Å². The molecule has 0 radical (unpaired) electrons. The van der Waals surface area contributed by atoms with Gasteiger partial charge >= 0.3 is 0 Å². The summed E-state index contributed by atoms with van der Waals surface area (Å²) in [5.74, 6) is -0.919. The van der Waals surface area contributed by atoms with Crippen LogP contribution < -0.4 is 5.32 Å². The number of rotatable bonds is 5. The Hall–Kier alpha value is -0.520. The Morgan fingerprint density at radius 3 is 2.80 bits per heavy atom. The van der Waals surface area contributed by atoms with Crippen LogP contribution in [-0.4, -0.2) is 30.1 Å². The smallest absolute Gasteiger partial charge is 0.144 e. The third kappa shape index (κ3) is 3.21. The summed E-state index contributed by atoms with van der Waals surface area (Å²) in [6, 6.07) is 3.82. The first kappa shape index (κ1) is 14.4. The first-order valence-electron chi connectivity index (χ1n) is 7.25. The molecule has 0 spiro atoms. The predicted octanol–water partition coefficient (Wildman–Crippen LogP) is 3.44. The summed E-state index contributed by atoms with van der Waals surface area (Å²) in [7, 11) is 0. The van der Waals surface area contributed by atoms with Crippen molar-refractivity contribution in [2.45, 2.75) is 44.3 Å². The minimum atomic E-state index is -0.467. The van der Waals surface area contributed by atoms with E-state index in [9.17, 15) is 8.78 Å². The number of hydrogen-bond acceptors (Lipinski definition) is 2. The van der Waals surface area contributed by atoms with Gasteiger partial charge in [0.25, 0.3) is 0 Å². The maximum atomic E-state index is 14.0. The Labute approximate surface area is 126 Å². The van der Waals surface area contributed by atoms with E-state index in [2.05, 4.69) is 26.1 Å². The predicted molar refractivity (Wildman–Crippen MR) is 78.5 cm³/mol. The molecule has 3 rings (SSSR count). The highest BCUT2D eigenvalue weighted by Crippen LogP contribution is 2.27. The van der Waals surface area contributed by atoms with Crippen molar-refractivity contribution < 1.29 is 8.78 Å². The molecular weight excluding hydrogens is 326 g/mol. The Balaban J connectivity index is 1.67. The second kappa shape index (κ2) is 6.08. The highest BCUT2D eigenvalue weighted by molar-refractivity contribution is 9.10. The van der Waals surface area contributed by atoms with Gasteiger partial charge in [-0.1, -0.05) is 0 Å². The molecule has 2 aliphatic rings. The molecule has 1 N–H and O–H groups in total. The average molecular weight is 345 g/mol. The summed E-state index contributed by atoms with van der Waals surface area (Å²) >= 11 is 3.13. The van der Waals surface area contributed by atoms with Crippen LogP contribution in [0.2, 0.25) is 0 Å². The first-order valence-corrected chi connectivity index (χ1v) is 8.04.